The van der Waals surface area contributed by atoms with Crippen molar-refractivity contribution < 1.29 is 8.60 Å². The van der Waals surface area contributed by atoms with E-state index in [0.717, 1.165) is 12.0 Å². The molecule has 0 fully saturated rings. The third kappa shape index (κ3) is 5.74. The summed E-state index contributed by atoms with van der Waals surface area (Å²) in [5.41, 5.74) is 0.740. The third-order valence-corrected chi connectivity index (χ3v) is 3.70. The lowest BCUT2D eigenvalue weighted by Gasteiger charge is -2.20. The summed E-state index contributed by atoms with van der Waals surface area (Å²) >= 11 is 0. The van der Waals surface area contributed by atoms with Gasteiger partial charge in [-0.3, -0.25) is 4.21 Å². The molecule has 1 aromatic carbocycles. The first-order chi connectivity index (χ1) is 8.49. The Morgan fingerprint density at radius 3 is 2.56 bits per heavy atom. The van der Waals surface area contributed by atoms with Crippen LogP contribution in [0.4, 0.5) is 4.39 Å². The molecule has 2 nitrogen and oxygen atoms in total. The molecular weight excluding hydrogens is 249 g/mol. The van der Waals surface area contributed by atoms with Gasteiger partial charge in [-0.25, -0.2) is 4.39 Å². The highest BCUT2D eigenvalue weighted by molar-refractivity contribution is 7.84. The molecule has 0 aliphatic carbocycles. The second-order valence-corrected chi connectivity index (χ2v) is 6.38. The number of nitrogens with one attached hydrogen (secondary N) is 1. The summed E-state index contributed by atoms with van der Waals surface area (Å²) in [5.74, 6) is 0.564. The van der Waals surface area contributed by atoms with Crippen molar-refractivity contribution >= 4 is 10.8 Å². The molecule has 102 valence electrons. The molecular formula is C14H22FNOS. The van der Waals surface area contributed by atoms with E-state index in [4.69, 9.17) is 0 Å². The van der Waals surface area contributed by atoms with Gasteiger partial charge in [0.1, 0.15) is 5.82 Å². The number of rotatable bonds is 7. The standard InChI is InChI=1S/C14H22FNOS/c1-11(8-9-18(3)17)16-12(2)10-13-6-4-5-7-14(13)15/h4-7,11-12,16H,8-10H2,1-3H3. The first kappa shape index (κ1) is 15.3. The first-order valence-electron chi connectivity index (χ1n) is 6.28. The van der Waals surface area contributed by atoms with E-state index < -0.39 is 10.8 Å². The van der Waals surface area contributed by atoms with Crippen LogP contribution in [0.5, 0.6) is 0 Å². The molecule has 0 amide bonds. The minimum atomic E-state index is -0.743. The van der Waals surface area contributed by atoms with Crippen molar-refractivity contribution in [2.24, 2.45) is 0 Å². The molecule has 1 rings (SSSR count). The second kappa shape index (κ2) is 7.64. The number of benzene rings is 1. The van der Waals surface area contributed by atoms with Gasteiger partial charge in [-0.05, 0) is 38.3 Å². The molecule has 3 unspecified atom stereocenters. The van der Waals surface area contributed by atoms with Crippen LogP contribution in [0.2, 0.25) is 0 Å². The summed E-state index contributed by atoms with van der Waals surface area (Å²) in [6.45, 7) is 4.12. The Balaban J connectivity index is 2.39. The molecule has 0 heterocycles. The zero-order chi connectivity index (χ0) is 13.5. The van der Waals surface area contributed by atoms with Crippen molar-refractivity contribution in [1.82, 2.24) is 5.32 Å². The topological polar surface area (TPSA) is 29.1 Å². The van der Waals surface area contributed by atoms with E-state index >= 15 is 0 Å². The van der Waals surface area contributed by atoms with Crippen molar-refractivity contribution in [1.29, 1.82) is 0 Å². The third-order valence-electron chi connectivity index (χ3n) is 2.89. The van der Waals surface area contributed by atoms with Gasteiger partial charge in [0.05, 0.1) is 0 Å². The maximum atomic E-state index is 13.5. The second-order valence-electron chi connectivity index (χ2n) is 4.83. The van der Waals surface area contributed by atoms with Crippen LogP contribution in [0.3, 0.4) is 0 Å². The van der Waals surface area contributed by atoms with Crippen LogP contribution in [0.25, 0.3) is 0 Å². The molecule has 0 saturated carbocycles. The minimum Gasteiger partial charge on any atom is -0.311 e. The molecule has 18 heavy (non-hydrogen) atoms. The van der Waals surface area contributed by atoms with Crippen LogP contribution in [-0.4, -0.2) is 28.3 Å². The van der Waals surface area contributed by atoms with Gasteiger partial charge in [0.25, 0.3) is 0 Å². The molecule has 0 aliphatic rings. The SMILES string of the molecule is CC(CCS(C)=O)NC(C)Cc1ccccc1F. The van der Waals surface area contributed by atoms with Gasteiger partial charge in [0.15, 0.2) is 0 Å². The predicted octanol–water partition coefficient (Wildman–Crippen LogP) is 2.50. The molecule has 0 saturated heterocycles. The molecule has 3 atom stereocenters. The Labute approximate surface area is 111 Å². The van der Waals surface area contributed by atoms with Crippen LogP contribution in [-0.2, 0) is 17.2 Å². The van der Waals surface area contributed by atoms with Gasteiger partial charge in [-0.15, -0.1) is 0 Å². The molecule has 0 aromatic heterocycles. The normalized spacial score (nSPS) is 16.2. The van der Waals surface area contributed by atoms with Crippen LogP contribution in [0.1, 0.15) is 25.8 Å². The predicted molar refractivity (Wildman–Crippen MR) is 75.7 cm³/mol. The highest BCUT2D eigenvalue weighted by Gasteiger charge is 2.10. The van der Waals surface area contributed by atoms with E-state index in [1.165, 1.54) is 6.07 Å². The van der Waals surface area contributed by atoms with Crippen molar-refractivity contribution in [2.75, 3.05) is 12.0 Å². The minimum absolute atomic E-state index is 0.145. The summed E-state index contributed by atoms with van der Waals surface area (Å²) in [7, 11) is -0.743. The Morgan fingerprint density at radius 2 is 1.94 bits per heavy atom. The quantitative estimate of drug-likeness (QED) is 0.825. The van der Waals surface area contributed by atoms with Crippen molar-refractivity contribution in [3.05, 3.63) is 35.6 Å². The largest absolute Gasteiger partial charge is 0.311 e. The summed E-state index contributed by atoms with van der Waals surface area (Å²) in [4.78, 5) is 0. The van der Waals surface area contributed by atoms with E-state index in [9.17, 15) is 8.60 Å². The molecule has 1 N–H and O–H groups in total. The maximum absolute atomic E-state index is 13.5. The fraction of sp³-hybridized carbons (Fsp3) is 0.571. The zero-order valence-corrected chi connectivity index (χ0v) is 12.1. The number of hydrogen-bond acceptors (Lipinski definition) is 2. The zero-order valence-electron chi connectivity index (χ0n) is 11.3. The van der Waals surface area contributed by atoms with Gasteiger partial charge >= 0.3 is 0 Å². The summed E-state index contributed by atoms with van der Waals surface area (Å²) in [6, 6.07) is 7.38. The van der Waals surface area contributed by atoms with Crippen LogP contribution < -0.4 is 5.32 Å². The molecule has 0 bridgehead atoms. The molecule has 4 heteroatoms. The molecule has 0 radical (unpaired) electrons. The van der Waals surface area contributed by atoms with E-state index in [1.807, 2.05) is 19.1 Å². The highest BCUT2D eigenvalue weighted by Crippen LogP contribution is 2.09. The number of halogens is 1. The van der Waals surface area contributed by atoms with E-state index in [0.29, 0.717) is 18.2 Å². The lowest BCUT2D eigenvalue weighted by Crippen LogP contribution is -2.36. The lowest BCUT2D eigenvalue weighted by molar-refractivity contribution is 0.450. The first-order valence-corrected chi connectivity index (χ1v) is 8.01. The molecule has 0 aliphatic heterocycles. The van der Waals surface area contributed by atoms with Crippen molar-refractivity contribution in [2.45, 2.75) is 38.8 Å². The summed E-state index contributed by atoms with van der Waals surface area (Å²) in [6.07, 6.45) is 3.27. The van der Waals surface area contributed by atoms with Crippen molar-refractivity contribution in [3.63, 3.8) is 0 Å². The fourth-order valence-corrected chi connectivity index (χ4v) is 2.65. The average Bonchev–Trinajstić information content (AvgIpc) is 2.29. The van der Waals surface area contributed by atoms with E-state index in [-0.39, 0.29) is 11.9 Å². The Morgan fingerprint density at radius 1 is 1.28 bits per heavy atom. The van der Waals surface area contributed by atoms with Crippen LogP contribution in [0, 0.1) is 5.82 Å². The average molecular weight is 271 g/mol. The van der Waals surface area contributed by atoms with Crippen LogP contribution in [0.15, 0.2) is 24.3 Å². The van der Waals surface area contributed by atoms with Gasteiger partial charge in [-0.2, -0.15) is 0 Å². The Bertz CT molecular complexity index is 397. The van der Waals surface area contributed by atoms with Gasteiger partial charge < -0.3 is 5.32 Å². The number of hydrogen-bond donors (Lipinski definition) is 1. The maximum Gasteiger partial charge on any atom is 0.126 e. The van der Waals surface area contributed by atoms with Gasteiger partial charge in [0, 0.05) is 34.9 Å². The Hall–Kier alpha value is -0.740. The van der Waals surface area contributed by atoms with Gasteiger partial charge in [-0.1, -0.05) is 18.2 Å². The Kier molecular flexibility index (Phi) is 6.50. The van der Waals surface area contributed by atoms with Crippen LogP contribution >= 0.6 is 0 Å². The van der Waals surface area contributed by atoms with Gasteiger partial charge in [0.2, 0.25) is 0 Å². The molecule has 0 spiro atoms. The summed E-state index contributed by atoms with van der Waals surface area (Å²) < 4.78 is 24.5. The monoisotopic (exact) mass is 271 g/mol. The van der Waals surface area contributed by atoms with E-state index in [1.54, 1.807) is 12.3 Å². The summed E-state index contributed by atoms with van der Waals surface area (Å²) in [5, 5.41) is 3.41. The van der Waals surface area contributed by atoms with Crippen molar-refractivity contribution in [3.8, 4) is 0 Å². The fourth-order valence-electron chi connectivity index (χ4n) is 1.96. The smallest absolute Gasteiger partial charge is 0.126 e. The van der Waals surface area contributed by atoms with E-state index in [2.05, 4.69) is 12.2 Å². The lowest BCUT2D eigenvalue weighted by atomic mass is 10.1. The highest BCUT2D eigenvalue weighted by atomic mass is 32.2. The molecule has 1 aromatic rings.